The lowest BCUT2D eigenvalue weighted by Gasteiger charge is -2.31. The SMILES string of the molecule is CCCCCCCCC(CCCNc1ccccc1)C(C)(C)C. The zero-order valence-electron chi connectivity index (χ0n) is 16.0. The summed E-state index contributed by atoms with van der Waals surface area (Å²) in [4.78, 5) is 0. The Balaban J connectivity index is 2.21. The summed E-state index contributed by atoms with van der Waals surface area (Å²) in [5, 5.41) is 3.54. The monoisotopic (exact) mass is 317 g/mol. The van der Waals surface area contributed by atoms with E-state index in [0.29, 0.717) is 5.41 Å². The minimum atomic E-state index is 0.441. The molecule has 1 heteroatoms. The predicted octanol–water partition coefficient (Wildman–Crippen LogP) is 7.29. The molecule has 23 heavy (non-hydrogen) atoms. The van der Waals surface area contributed by atoms with Crippen LogP contribution in [0.5, 0.6) is 0 Å². The van der Waals surface area contributed by atoms with E-state index in [9.17, 15) is 0 Å². The highest BCUT2D eigenvalue weighted by Gasteiger charge is 2.23. The van der Waals surface area contributed by atoms with Gasteiger partial charge in [-0.2, -0.15) is 0 Å². The molecule has 1 aromatic carbocycles. The first-order valence-corrected chi connectivity index (χ1v) is 9.83. The maximum Gasteiger partial charge on any atom is 0.0340 e. The van der Waals surface area contributed by atoms with Crippen molar-refractivity contribution in [2.45, 2.75) is 85.5 Å². The van der Waals surface area contributed by atoms with Gasteiger partial charge in [0.1, 0.15) is 0 Å². The van der Waals surface area contributed by atoms with E-state index >= 15 is 0 Å². The van der Waals surface area contributed by atoms with Crippen molar-refractivity contribution in [3.63, 3.8) is 0 Å². The topological polar surface area (TPSA) is 12.0 Å². The van der Waals surface area contributed by atoms with E-state index in [-0.39, 0.29) is 0 Å². The Kier molecular flexibility index (Phi) is 10.1. The summed E-state index contributed by atoms with van der Waals surface area (Å²) in [5.41, 5.74) is 1.69. The van der Waals surface area contributed by atoms with Gasteiger partial charge in [0.2, 0.25) is 0 Å². The third-order valence-corrected chi connectivity index (χ3v) is 4.96. The van der Waals surface area contributed by atoms with Crippen LogP contribution in [0.1, 0.15) is 85.5 Å². The molecule has 0 radical (unpaired) electrons. The van der Waals surface area contributed by atoms with Gasteiger partial charge in [0.25, 0.3) is 0 Å². The van der Waals surface area contributed by atoms with Gasteiger partial charge in [-0.3, -0.25) is 0 Å². The Labute approximate surface area is 145 Å². The molecule has 1 nitrogen and oxygen atoms in total. The van der Waals surface area contributed by atoms with Gasteiger partial charge < -0.3 is 5.32 Å². The quantitative estimate of drug-likeness (QED) is 0.399. The fraction of sp³-hybridized carbons (Fsp3) is 0.727. The van der Waals surface area contributed by atoms with E-state index in [2.05, 4.69) is 63.3 Å². The molecule has 0 aliphatic carbocycles. The maximum atomic E-state index is 3.54. The Morgan fingerprint density at radius 1 is 0.826 bits per heavy atom. The van der Waals surface area contributed by atoms with Gasteiger partial charge in [0.15, 0.2) is 0 Å². The third-order valence-electron chi connectivity index (χ3n) is 4.96. The van der Waals surface area contributed by atoms with Gasteiger partial charge in [0, 0.05) is 12.2 Å². The Hall–Kier alpha value is -0.980. The van der Waals surface area contributed by atoms with Crippen molar-refractivity contribution in [1.29, 1.82) is 0 Å². The van der Waals surface area contributed by atoms with Crippen LogP contribution in [0.25, 0.3) is 0 Å². The molecule has 0 bridgehead atoms. The van der Waals surface area contributed by atoms with Crippen LogP contribution in [-0.4, -0.2) is 6.54 Å². The first kappa shape index (κ1) is 20.1. The predicted molar refractivity (Wildman–Crippen MR) is 105 cm³/mol. The van der Waals surface area contributed by atoms with Crippen molar-refractivity contribution < 1.29 is 0 Å². The van der Waals surface area contributed by atoms with Crippen LogP contribution in [0.2, 0.25) is 0 Å². The number of para-hydroxylation sites is 1. The number of unbranched alkanes of at least 4 members (excludes halogenated alkanes) is 5. The van der Waals surface area contributed by atoms with Gasteiger partial charge in [-0.05, 0) is 42.7 Å². The van der Waals surface area contributed by atoms with Crippen LogP contribution in [0.3, 0.4) is 0 Å². The molecular formula is C22H39N. The standard InChI is InChI=1S/C22H39N/c1-5-6-7-8-9-11-15-20(22(2,3)4)16-14-19-23-21-17-12-10-13-18-21/h10,12-13,17-18,20,23H,5-9,11,14-16,19H2,1-4H3. The van der Waals surface area contributed by atoms with Crippen molar-refractivity contribution in [2.75, 3.05) is 11.9 Å². The molecule has 0 aliphatic heterocycles. The average Bonchev–Trinajstić information content (AvgIpc) is 2.52. The lowest BCUT2D eigenvalue weighted by Crippen LogP contribution is -2.21. The number of nitrogens with one attached hydrogen (secondary N) is 1. The van der Waals surface area contributed by atoms with Crippen molar-refractivity contribution in [1.82, 2.24) is 0 Å². The molecule has 1 atom stereocenters. The molecule has 0 saturated heterocycles. The van der Waals surface area contributed by atoms with Crippen LogP contribution in [0, 0.1) is 11.3 Å². The summed E-state index contributed by atoms with van der Waals surface area (Å²) in [6, 6.07) is 10.6. The zero-order valence-corrected chi connectivity index (χ0v) is 16.0. The Bertz CT molecular complexity index is 377. The van der Waals surface area contributed by atoms with E-state index in [1.165, 1.54) is 63.5 Å². The number of benzene rings is 1. The van der Waals surface area contributed by atoms with E-state index in [1.807, 2.05) is 0 Å². The number of anilines is 1. The normalized spacial score (nSPS) is 13.0. The van der Waals surface area contributed by atoms with Crippen LogP contribution in [0.15, 0.2) is 30.3 Å². The molecule has 0 spiro atoms. The molecule has 0 aromatic heterocycles. The lowest BCUT2D eigenvalue weighted by molar-refractivity contribution is 0.204. The summed E-state index contributed by atoms with van der Waals surface area (Å²) < 4.78 is 0. The highest BCUT2D eigenvalue weighted by atomic mass is 14.9. The van der Waals surface area contributed by atoms with Crippen molar-refractivity contribution in [2.24, 2.45) is 11.3 Å². The van der Waals surface area contributed by atoms with Crippen molar-refractivity contribution in [3.05, 3.63) is 30.3 Å². The van der Waals surface area contributed by atoms with Gasteiger partial charge in [0.05, 0.1) is 0 Å². The average molecular weight is 318 g/mol. The van der Waals surface area contributed by atoms with Gasteiger partial charge in [-0.25, -0.2) is 0 Å². The summed E-state index contributed by atoms with van der Waals surface area (Å²) in [7, 11) is 0. The fourth-order valence-electron chi connectivity index (χ4n) is 3.32. The van der Waals surface area contributed by atoms with E-state index in [4.69, 9.17) is 0 Å². The number of hydrogen-bond donors (Lipinski definition) is 1. The van der Waals surface area contributed by atoms with Crippen LogP contribution in [-0.2, 0) is 0 Å². The minimum absolute atomic E-state index is 0.441. The second-order valence-corrected chi connectivity index (χ2v) is 8.05. The largest absolute Gasteiger partial charge is 0.385 e. The maximum absolute atomic E-state index is 3.54. The highest BCUT2D eigenvalue weighted by molar-refractivity contribution is 5.42. The van der Waals surface area contributed by atoms with E-state index < -0.39 is 0 Å². The third kappa shape index (κ3) is 9.69. The Morgan fingerprint density at radius 2 is 1.43 bits per heavy atom. The first-order valence-electron chi connectivity index (χ1n) is 9.83. The number of hydrogen-bond acceptors (Lipinski definition) is 1. The zero-order chi connectivity index (χ0) is 17.0. The second-order valence-electron chi connectivity index (χ2n) is 8.05. The molecule has 0 saturated carbocycles. The summed E-state index contributed by atoms with van der Waals surface area (Å²) >= 11 is 0. The Morgan fingerprint density at radius 3 is 2.09 bits per heavy atom. The molecule has 132 valence electrons. The second kappa shape index (κ2) is 11.5. The summed E-state index contributed by atoms with van der Waals surface area (Å²) in [6.07, 6.45) is 12.5. The van der Waals surface area contributed by atoms with Crippen molar-refractivity contribution in [3.8, 4) is 0 Å². The molecule has 0 amide bonds. The molecule has 1 rings (SSSR count). The summed E-state index contributed by atoms with van der Waals surface area (Å²) in [6.45, 7) is 10.6. The first-order chi connectivity index (χ1) is 11.0. The molecule has 0 aliphatic rings. The minimum Gasteiger partial charge on any atom is -0.385 e. The van der Waals surface area contributed by atoms with E-state index in [1.54, 1.807) is 0 Å². The fourth-order valence-corrected chi connectivity index (χ4v) is 3.32. The molecule has 1 N–H and O–H groups in total. The summed E-state index contributed by atoms with van der Waals surface area (Å²) in [5.74, 6) is 0.853. The number of rotatable bonds is 12. The van der Waals surface area contributed by atoms with Gasteiger partial charge in [-0.15, -0.1) is 0 Å². The molecule has 0 fully saturated rings. The van der Waals surface area contributed by atoms with Crippen LogP contribution in [0.4, 0.5) is 5.69 Å². The van der Waals surface area contributed by atoms with Crippen molar-refractivity contribution >= 4 is 5.69 Å². The molecule has 1 unspecified atom stereocenters. The molecule has 0 heterocycles. The van der Waals surface area contributed by atoms with Gasteiger partial charge >= 0.3 is 0 Å². The van der Waals surface area contributed by atoms with Crippen LogP contribution >= 0.6 is 0 Å². The van der Waals surface area contributed by atoms with Gasteiger partial charge in [-0.1, -0.05) is 84.4 Å². The lowest BCUT2D eigenvalue weighted by atomic mass is 9.75. The van der Waals surface area contributed by atoms with Crippen LogP contribution < -0.4 is 5.32 Å². The highest BCUT2D eigenvalue weighted by Crippen LogP contribution is 2.34. The molecule has 1 aromatic rings. The van der Waals surface area contributed by atoms with E-state index in [0.717, 1.165) is 12.5 Å². The smallest absolute Gasteiger partial charge is 0.0340 e. The molecular weight excluding hydrogens is 278 g/mol.